The molecule has 0 aromatic carbocycles. The lowest BCUT2D eigenvalue weighted by Gasteiger charge is -2.18. The Labute approximate surface area is 197 Å². The van der Waals surface area contributed by atoms with Crippen LogP contribution in [0.4, 0.5) is 0 Å². The van der Waals surface area contributed by atoms with Crippen LogP contribution in [0, 0.1) is 5.92 Å². The van der Waals surface area contributed by atoms with E-state index in [1.54, 1.807) is 13.1 Å². The Balaban J connectivity index is 2.02. The zero-order valence-electron chi connectivity index (χ0n) is 19.7. The number of carboxylic acids is 1. The number of nitrogens with zero attached hydrogens (tertiary/aromatic N) is 1. The molecule has 2 heterocycles. The number of rotatable bonds is 11. The summed E-state index contributed by atoms with van der Waals surface area (Å²) < 4.78 is 23.2. The number of carboxylic acid groups (broad SMARTS) is 1. The molecule has 1 unspecified atom stereocenters. The largest absolute Gasteiger partial charge is 0.477 e. The average molecular weight is 483 g/mol. The van der Waals surface area contributed by atoms with Gasteiger partial charge in [-0.3, -0.25) is 9.59 Å². The van der Waals surface area contributed by atoms with Crippen LogP contribution >= 0.6 is 0 Å². The SMILES string of the molecule is CCC(CC)OC(=O)[C@@H](O)CC(=O)OC[C@H]1O[C@@H]([n+]2cccc(C(=O)O)c2)C(OC(C)=O)[C@@H]1C. The number of hydrogen-bond acceptors (Lipinski definition) is 9. The summed E-state index contributed by atoms with van der Waals surface area (Å²) in [5.74, 6) is -3.79. The fourth-order valence-corrected chi connectivity index (χ4v) is 3.59. The van der Waals surface area contributed by atoms with Crippen molar-refractivity contribution in [2.75, 3.05) is 6.61 Å². The molecule has 1 aliphatic rings. The van der Waals surface area contributed by atoms with Gasteiger partial charge >= 0.3 is 30.1 Å². The van der Waals surface area contributed by atoms with Crippen LogP contribution < -0.4 is 4.57 Å². The first-order valence-corrected chi connectivity index (χ1v) is 11.2. The summed E-state index contributed by atoms with van der Waals surface area (Å²) in [6.45, 7) is 6.46. The molecule has 11 nitrogen and oxygen atoms in total. The van der Waals surface area contributed by atoms with E-state index in [4.69, 9.17) is 18.9 Å². The Hall–Kier alpha value is -3.05. The second-order valence-corrected chi connectivity index (χ2v) is 8.12. The van der Waals surface area contributed by atoms with Gasteiger partial charge in [-0.25, -0.2) is 9.59 Å². The van der Waals surface area contributed by atoms with Gasteiger partial charge in [-0.05, 0) is 18.9 Å². The molecule has 2 N–H and O–H groups in total. The highest BCUT2D eigenvalue weighted by Gasteiger charge is 2.50. The minimum atomic E-state index is -1.65. The van der Waals surface area contributed by atoms with E-state index in [0.717, 1.165) is 0 Å². The van der Waals surface area contributed by atoms with Crippen molar-refractivity contribution in [2.45, 2.75) is 77.6 Å². The Bertz CT molecular complexity index is 884. The number of esters is 3. The molecule has 1 aromatic heterocycles. The summed E-state index contributed by atoms with van der Waals surface area (Å²) in [5, 5.41) is 19.2. The van der Waals surface area contributed by atoms with Crippen molar-refractivity contribution in [2.24, 2.45) is 5.92 Å². The van der Waals surface area contributed by atoms with Crippen LogP contribution in [0.2, 0.25) is 0 Å². The predicted octanol–water partition coefficient (Wildman–Crippen LogP) is 1.16. The van der Waals surface area contributed by atoms with Crippen LogP contribution in [0.3, 0.4) is 0 Å². The highest BCUT2D eigenvalue weighted by molar-refractivity contribution is 5.86. The van der Waals surface area contributed by atoms with Crippen LogP contribution in [0.5, 0.6) is 0 Å². The number of aliphatic hydroxyl groups is 1. The van der Waals surface area contributed by atoms with Crippen molar-refractivity contribution < 1.29 is 52.9 Å². The predicted molar refractivity (Wildman–Crippen MR) is 114 cm³/mol. The first-order chi connectivity index (χ1) is 16.1. The number of aromatic carboxylic acids is 1. The highest BCUT2D eigenvalue weighted by Crippen LogP contribution is 2.33. The summed E-state index contributed by atoms with van der Waals surface area (Å²) in [7, 11) is 0. The number of carbonyl (C=O) groups is 4. The first-order valence-electron chi connectivity index (χ1n) is 11.2. The molecule has 0 saturated carbocycles. The van der Waals surface area contributed by atoms with Gasteiger partial charge in [0.2, 0.25) is 0 Å². The smallest absolute Gasteiger partial charge is 0.341 e. The molecule has 11 heteroatoms. The van der Waals surface area contributed by atoms with Gasteiger partial charge in [0.25, 0.3) is 0 Å². The standard InChI is InChI=1S/C23H31NO10/c1-5-16(6-2)33-23(30)17(26)10-19(27)31-12-18-13(3)20(32-14(4)25)21(34-18)24-9-7-8-15(11-24)22(28)29/h7-9,11,13,16-18,20-21,26H,5-6,10,12H2,1-4H3/p+1/t13-,17+,18-,20?,21-/m1/s1. The fourth-order valence-electron chi connectivity index (χ4n) is 3.59. The monoisotopic (exact) mass is 482 g/mol. The number of pyridine rings is 1. The van der Waals surface area contributed by atoms with Crippen molar-refractivity contribution in [3.05, 3.63) is 30.1 Å². The van der Waals surface area contributed by atoms with Gasteiger partial charge in [0.1, 0.15) is 24.4 Å². The lowest BCUT2D eigenvalue weighted by atomic mass is 10.0. The number of ether oxygens (including phenoxy) is 4. The quantitative estimate of drug-likeness (QED) is 0.267. The molecule has 0 spiro atoms. The molecule has 5 atom stereocenters. The van der Waals surface area contributed by atoms with E-state index < -0.39 is 60.8 Å². The lowest BCUT2D eigenvalue weighted by Crippen LogP contribution is -2.46. The first kappa shape index (κ1) is 27.2. The molecule has 0 aliphatic carbocycles. The van der Waals surface area contributed by atoms with Crippen LogP contribution in [0.1, 0.15) is 63.5 Å². The van der Waals surface area contributed by atoms with Crippen molar-refractivity contribution in [1.82, 2.24) is 0 Å². The van der Waals surface area contributed by atoms with E-state index in [1.807, 2.05) is 13.8 Å². The van der Waals surface area contributed by atoms with Gasteiger partial charge in [0.05, 0.1) is 6.42 Å². The third-order valence-corrected chi connectivity index (χ3v) is 5.60. The van der Waals surface area contributed by atoms with Gasteiger partial charge in [-0.15, -0.1) is 0 Å². The molecule has 2 rings (SSSR count). The van der Waals surface area contributed by atoms with Crippen molar-refractivity contribution >= 4 is 23.9 Å². The molecular weight excluding hydrogens is 450 g/mol. The molecule has 1 fully saturated rings. The molecule has 34 heavy (non-hydrogen) atoms. The summed E-state index contributed by atoms with van der Waals surface area (Å²) in [6.07, 6.45) is -0.742. The number of aliphatic hydroxyl groups excluding tert-OH is 1. The second kappa shape index (κ2) is 12.4. The molecule has 188 valence electrons. The third-order valence-electron chi connectivity index (χ3n) is 5.60. The number of carbonyl (C=O) groups excluding carboxylic acids is 3. The van der Waals surface area contributed by atoms with Crippen molar-refractivity contribution in [3.8, 4) is 0 Å². The summed E-state index contributed by atoms with van der Waals surface area (Å²) in [6, 6.07) is 2.94. The maximum Gasteiger partial charge on any atom is 0.341 e. The maximum absolute atomic E-state index is 12.2. The molecule has 1 aromatic rings. The zero-order chi connectivity index (χ0) is 25.4. The van der Waals surface area contributed by atoms with Crippen LogP contribution in [0.25, 0.3) is 0 Å². The summed E-state index contributed by atoms with van der Waals surface area (Å²) in [4.78, 5) is 47.1. The van der Waals surface area contributed by atoms with Crippen LogP contribution in [0.15, 0.2) is 24.5 Å². The number of aromatic nitrogens is 1. The Morgan fingerprint density at radius 1 is 1.21 bits per heavy atom. The Morgan fingerprint density at radius 2 is 1.88 bits per heavy atom. The topological polar surface area (TPSA) is 150 Å². The van der Waals surface area contributed by atoms with E-state index in [1.165, 1.54) is 29.8 Å². The van der Waals surface area contributed by atoms with Crippen molar-refractivity contribution in [3.63, 3.8) is 0 Å². The summed E-state index contributed by atoms with van der Waals surface area (Å²) >= 11 is 0. The van der Waals surface area contributed by atoms with E-state index in [-0.39, 0.29) is 18.3 Å². The van der Waals surface area contributed by atoms with Gasteiger partial charge in [-0.1, -0.05) is 20.8 Å². The normalized spacial score (nSPS) is 22.8. The highest BCUT2D eigenvalue weighted by atomic mass is 16.6. The van der Waals surface area contributed by atoms with Crippen molar-refractivity contribution in [1.29, 1.82) is 0 Å². The third kappa shape index (κ3) is 7.22. The van der Waals surface area contributed by atoms with E-state index >= 15 is 0 Å². The van der Waals surface area contributed by atoms with E-state index in [9.17, 15) is 29.4 Å². The van der Waals surface area contributed by atoms with Gasteiger partial charge in [0.15, 0.2) is 24.6 Å². The molecule has 0 radical (unpaired) electrons. The van der Waals surface area contributed by atoms with Gasteiger partial charge in [0, 0.05) is 18.9 Å². The second-order valence-electron chi connectivity index (χ2n) is 8.12. The Kier molecular flexibility index (Phi) is 9.94. The lowest BCUT2D eigenvalue weighted by molar-refractivity contribution is -0.765. The molecule has 1 aliphatic heterocycles. The van der Waals surface area contributed by atoms with E-state index in [0.29, 0.717) is 12.8 Å². The van der Waals surface area contributed by atoms with Crippen LogP contribution in [-0.4, -0.2) is 65.1 Å². The molecular formula is C23H32NO10+. The van der Waals surface area contributed by atoms with Crippen LogP contribution in [-0.2, 0) is 33.3 Å². The van der Waals surface area contributed by atoms with E-state index in [2.05, 4.69) is 0 Å². The zero-order valence-corrected chi connectivity index (χ0v) is 19.7. The molecule has 0 amide bonds. The average Bonchev–Trinajstić information content (AvgIpc) is 3.10. The Morgan fingerprint density at radius 3 is 2.47 bits per heavy atom. The fraction of sp³-hybridized carbons (Fsp3) is 0.609. The maximum atomic E-state index is 12.2. The molecule has 1 saturated heterocycles. The molecule has 0 bridgehead atoms. The van der Waals surface area contributed by atoms with Gasteiger partial charge in [-0.2, -0.15) is 4.57 Å². The summed E-state index contributed by atoms with van der Waals surface area (Å²) in [5.41, 5.74) is 0.0180. The minimum absolute atomic E-state index is 0.0180. The minimum Gasteiger partial charge on any atom is -0.477 e. The number of hydrogen-bond donors (Lipinski definition) is 2. The van der Waals surface area contributed by atoms with Gasteiger partial charge < -0.3 is 29.2 Å².